The summed E-state index contributed by atoms with van der Waals surface area (Å²) >= 11 is 17.6. The Morgan fingerprint density at radius 2 is 1.62 bits per heavy atom. The first-order chi connectivity index (χ1) is 11.2. The summed E-state index contributed by atoms with van der Waals surface area (Å²) in [4.78, 5) is 0. The number of ether oxygens (including phenoxy) is 1. The van der Waals surface area contributed by atoms with E-state index in [1.807, 2.05) is 0 Å². The molecule has 1 heterocycles. The van der Waals surface area contributed by atoms with Crippen molar-refractivity contribution in [1.29, 1.82) is 0 Å². The van der Waals surface area contributed by atoms with Crippen LogP contribution in [0.3, 0.4) is 0 Å². The molecule has 1 aliphatic rings. The van der Waals surface area contributed by atoms with Crippen LogP contribution in [0, 0.1) is 6.07 Å². The van der Waals surface area contributed by atoms with Crippen LogP contribution in [0.4, 0.5) is 13.2 Å². The fourth-order valence-electron chi connectivity index (χ4n) is 2.58. The van der Waals surface area contributed by atoms with Crippen LogP contribution < -0.4 is 0 Å². The molecule has 1 aliphatic heterocycles. The largest absolute Gasteiger partial charge is 0.480 e. The summed E-state index contributed by atoms with van der Waals surface area (Å²) in [7, 11) is 0. The normalized spacial score (nSPS) is 20.7. The third-order valence-electron chi connectivity index (χ3n) is 3.84. The monoisotopic (exact) mass is 391 g/mol. The molecular weight excluding hydrogens is 384 g/mol. The van der Waals surface area contributed by atoms with Gasteiger partial charge in [-0.1, -0.05) is 59.1 Å². The topological polar surface area (TPSA) is 9.23 Å². The minimum atomic E-state index is -4.67. The highest BCUT2D eigenvalue weighted by atomic mass is 35.5. The molecule has 0 bridgehead atoms. The van der Waals surface area contributed by atoms with Crippen LogP contribution in [-0.2, 0) is 10.3 Å². The second-order valence-corrected chi connectivity index (χ2v) is 6.50. The molecule has 7 heteroatoms. The van der Waals surface area contributed by atoms with Crippen molar-refractivity contribution in [3.8, 4) is 0 Å². The van der Waals surface area contributed by atoms with Crippen LogP contribution in [0.5, 0.6) is 0 Å². The Morgan fingerprint density at radius 1 is 1.04 bits per heavy atom. The van der Waals surface area contributed by atoms with Crippen molar-refractivity contribution in [1.82, 2.24) is 0 Å². The molecule has 24 heavy (non-hydrogen) atoms. The third kappa shape index (κ3) is 2.87. The van der Waals surface area contributed by atoms with Crippen molar-refractivity contribution in [2.24, 2.45) is 0 Å². The molecule has 1 radical (unpaired) electrons. The molecule has 0 fully saturated rings. The second kappa shape index (κ2) is 6.17. The Balaban J connectivity index is 2.07. The summed E-state index contributed by atoms with van der Waals surface area (Å²) < 4.78 is 46.8. The zero-order chi connectivity index (χ0) is 17.5. The van der Waals surface area contributed by atoms with Crippen LogP contribution in [-0.4, -0.2) is 6.18 Å². The van der Waals surface area contributed by atoms with Gasteiger partial charge in [0, 0.05) is 12.0 Å². The van der Waals surface area contributed by atoms with Gasteiger partial charge in [-0.2, -0.15) is 13.2 Å². The van der Waals surface area contributed by atoms with E-state index in [0.29, 0.717) is 11.1 Å². The van der Waals surface area contributed by atoms with Crippen molar-refractivity contribution in [3.63, 3.8) is 0 Å². The first kappa shape index (κ1) is 17.5. The lowest BCUT2D eigenvalue weighted by Crippen LogP contribution is -2.42. The molecule has 3 rings (SSSR count). The molecule has 0 spiro atoms. The molecule has 2 aromatic carbocycles. The highest BCUT2D eigenvalue weighted by Crippen LogP contribution is 2.53. The minimum Gasteiger partial charge on any atom is -0.480 e. The van der Waals surface area contributed by atoms with Gasteiger partial charge in [-0.15, -0.1) is 0 Å². The van der Waals surface area contributed by atoms with Crippen molar-refractivity contribution in [2.75, 3.05) is 0 Å². The molecule has 0 aromatic heterocycles. The smallest absolute Gasteiger partial charge is 0.432 e. The molecule has 1 nitrogen and oxygen atoms in total. The van der Waals surface area contributed by atoms with Gasteiger partial charge in [0.25, 0.3) is 0 Å². The van der Waals surface area contributed by atoms with Crippen LogP contribution in [0.2, 0.25) is 15.1 Å². The van der Waals surface area contributed by atoms with Gasteiger partial charge >= 0.3 is 6.18 Å². The quantitative estimate of drug-likeness (QED) is 0.519. The molecule has 0 amide bonds. The summed E-state index contributed by atoms with van der Waals surface area (Å²) in [5.41, 5.74) is -1.70. The van der Waals surface area contributed by atoms with E-state index in [1.165, 1.54) is 0 Å². The lowest BCUT2D eigenvalue weighted by Gasteiger charge is -2.32. The van der Waals surface area contributed by atoms with Gasteiger partial charge in [-0.05, 0) is 29.3 Å². The fraction of sp³-hybridized carbons (Fsp3) is 0.176. The zero-order valence-corrected chi connectivity index (χ0v) is 14.2. The van der Waals surface area contributed by atoms with E-state index < -0.39 is 18.2 Å². The Kier molecular flexibility index (Phi) is 4.49. The van der Waals surface area contributed by atoms with Gasteiger partial charge in [-0.25, -0.2) is 0 Å². The summed E-state index contributed by atoms with van der Waals surface area (Å²) in [5.74, 6) is 0. The van der Waals surface area contributed by atoms with Crippen LogP contribution in [0.25, 0.3) is 5.57 Å². The molecule has 1 unspecified atom stereocenters. The number of hydrogen-bond donors (Lipinski definition) is 0. The van der Waals surface area contributed by atoms with Crippen LogP contribution in [0.15, 0.2) is 42.7 Å². The highest BCUT2D eigenvalue weighted by molar-refractivity contribution is 6.48. The third-order valence-corrected chi connectivity index (χ3v) is 5.04. The van der Waals surface area contributed by atoms with Gasteiger partial charge in [0.15, 0.2) is 0 Å². The summed E-state index contributed by atoms with van der Waals surface area (Å²) in [6.45, 7) is 0. The molecule has 2 aromatic rings. The van der Waals surface area contributed by atoms with Crippen molar-refractivity contribution >= 4 is 40.4 Å². The maximum Gasteiger partial charge on any atom is 0.432 e. The SMILES string of the molecule is FC(F)(F)C1(c2cc(Cl)c(Cl)c(Cl)c2)CC(c2cc[c]cc2)=CO1. The van der Waals surface area contributed by atoms with E-state index >= 15 is 0 Å². The number of hydrogen-bond acceptors (Lipinski definition) is 1. The standard InChI is InChI=1S/C17H9Cl3F3O/c18-13-6-12(7-14(19)15(13)20)16(17(21,22)23)8-11(9-24-16)10-4-2-1-3-5-10/h2-7,9H,8H2. The Bertz CT molecular complexity index is 779. The van der Waals surface area contributed by atoms with Crippen LogP contribution >= 0.6 is 34.8 Å². The average molecular weight is 393 g/mol. The number of alkyl halides is 3. The number of rotatable bonds is 2. The Labute approximate surface area is 151 Å². The van der Waals surface area contributed by atoms with E-state index in [4.69, 9.17) is 39.5 Å². The Hall–Kier alpha value is -1.36. The van der Waals surface area contributed by atoms with Crippen molar-refractivity contribution in [2.45, 2.75) is 18.2 Å². The molecule has 0 saturated carbocycles. The predicted octanol–water partition coefficient (Wildman–Crippen LogP) is 6.67. The van der Waals surface area contributed by atoms with Crippen molar-refractivity contribution in [3.05, 3.63) is 74.9 Å². The van der Waals surface area contributed by atoms with E-state index in [9.17, 15) is 13.2 Å². The maximum atomic E-state index is 13.9. The number of benzene rings is 2. The van der Waals surface area contributed by atoms with Gasteiger partial charge in [0.1, 0.15) is 0 Å². The fourth-order valence-corrected chi connectivity index (χ4v) is 3.18. The zero-order valence-electron chi connectivity index (χ0n) is 11.9. The number of halogens is 6. The average Bonchev–Trinajstić information content (AvgIpc) is 2.99. The first-order valence-corrected chi connectivity index (χ1v) is 7.93. The summed E-state index contributed by atoms with van der Waals surface area (Å²) in [5, 5.41) is -0.118. The molecule has 1 atom stereocenters. The highest BCUT2D eigenvalue weighted by Gasteiger charge is 2.60. The maximum absolute atomic E-state index is 13.9. The minimum absolute atomic E-state index is 0.00387. The van der Waals surface area contributed by atoms with E-state index in [-0.39, 0.29) is 20.6 Å². The predicted molar refractivity (Wildman–Crippen MR) is 88.2 cm³/mol. The van der Waals surface area contributed by atoms with Gasteiger partial charge < -0.3 is 4.74 Å². The summed E-state index contributed by atoms with van der Waals surface area (Å²) in [6.07, 6.45) is -3.94. The van der Waals surface area contributed by atoms with E-state index in [0.717, 1.165) is 18.4 Å². The van der Waals surface area contributed by atoms with Crippen LogP contribution in [0.1, 0.15) is 17.5 Å². The molecule has 0 aliphatic carbocycles. The molecule has 125 valence electrons. The van der Waals surface area contributed by atoms with Crippen molar-refractivity contribution < 1.29 is 17.9 Å². The lowest BCUT2D eigenvalue weighted by atomic mass is 9.86. The second-order valence-electron chi connectivity index (χ2n) is 5.31. The van der Waals surface area contributed by atoms with Gasteiger partial charge in [0.2, 0.25) is 5.60 Å². The Morgan fingerprint density at radius 3 is 2.17 bits per heavy atom. The van der Waals surface area contributed by atoms with E-state index in [2.05, 4.69) is 6.07 Å². The summed E-state index contributed by atoms with van der Waals surface area (Å²) in [6, 6.07) is 11.7. The molecule has 0 N–H and O–H groups in total. The molecular formula is C17H9Cl3F3O. The van der Waals surface area contributed by atoms with Gasteiger partial charge in [0.05, 0.1) is 21.3 Å². The van der Waals surface area contributed by atoms with E-state index in [1.54, 1.807) is 24.3 Å². The lowest BCUT2D eigenvalue weighted by molar-refractivity contribution is -0.260. The molecule has 0 saturated heterocycles. The first-order valence-electron chi connectivity index (χ1n) is 6.80. The van der Waals surface area contributed by atoms with Gasteiger partial charge in [-0.3, -0.25) is 0 Å².